The largest absolute Gasteiger partial charge is 0.480 e. The van der Waals surface area contributed by atoms with Gasteiger partial charge in [0.15, 0.2) is 17.2 Å². The lowest BCUT2D eigenvalue weighted by Gasteiger charge is -2.45. The summed E-state index contributed by atoms with van der Waals surface area (Å²) in [6.07, 6.45) is 6.38. The van der Waals surface area contributed by atoms with Crippen molar-refractivity contribution in [2.45, 2.75) is 75.3 Å². The summed E-state index contributed by atoms with van der Waals surface area (Å²) < 4.78 is 46.2. The molecule has 4 fully saturated rings. The molecule has 5 aromatic rings. The molecule has 5 amide bonds. The van der Waals surface area contributed by atoms with Gasteiger partial charge in [-0.3, -0.25) is 29.3 Å². The number of nitrogens with one attached hydrogen (secondary N) is 2. The van der Waals surface area contributed by atoms with Crippen LogP contribution < -0.4 is 30.7 Å². The highest BCUT2D eigenvalue weighted by molar-refractivity contribution is 6.34. The summed E-state index contributed by atoms with van der Waals surface area (Å²) in [6.45, 7) is 6.26. The van der Waals surface area contributed by atoms with E-state index in [-0.39, 0.29) is 65.8 Å². The number of pyridine rings is 1. The molecule has 0 radical (unpaired) electrons. The van der Waals surface area contributed by atoms with Crippen molar-refractivity contribution in [1.82, 2.24) is 35.2 Å². The van der Waals surface area contributed by atoms with Crippen LogP contribution in [-0.4, -0.2) is 118 Å². The number of imide groups is 1. The number of nitrogens with zero attached hydrogens (tertiary/aromatic N) is 6. The van der Waals surface area contributed by atoms with Gasteiger partial charge in [0.2, 0.25) is 11.8 Å². The van der Waals surface area contributed by atoms with Gasteiger partial charge in [0.25, 0.3) is 11.8 Å². The predicted octanol–water partition coefficient (Wildman–Crippen LogP) is 6.36. The average Bonchev–Trinajstić information content (AvgIpc) is 3.84. The molecule has 10 rings (SSSR count). The number of carbonyl (C=O) groups is 4. The molecule has 3 aromatic carbocycles. The molecule has 71 heavy (non-hydrogen) atoms. The highest BCUT2D eigenvalue weighted by Gasteiger charge is 2.50. The number of fused-ring (bicyclic) bond motifs is 2. The number of halogens is 3. The number of aromatic nitrogens is 3. The Morgan fingerprint density at radius 1 is 1.01 bits per heavy atom. The first-order valence-electron chi connectivity index (χ1n) is 24.6. The Morgan fingerprint density at radius 3 is 2.46 bits per heavy atom. The molecule has 19 heteroatoms. The molecule has 3 saturated heterocycles. The molecule has 6 heterocycles. The number of likely N-dealkylation sites (tertiary alicyclic amines) is 2. The molecule has 374 valence electrons. The van der Waals surface area contributed by atoms with E-state index < -0.39 is 52.6 Å². The lowest BCUT2D eigenvalue weighted by Crippen LogP contribution is -2.56. The minimum atomic E-state index is -1.12. The van der Waals surface area contributed by atoms with Crippen molar-refractivity contribution in [2.75, 3.05) is 63.9 Å². The van der Waals surface area contributed by atoms with Crippen LogP contribution in [0.4, 0.5) is 19.4 Å². The van der Waals surface area contributed by atoms with Crippen molar-refractivity contribution >= 4 is 52.1 Å². The van der Waals surface area contributed by atoms with Crippen LogP contribution in [0.1, 0.15) is 90.8 Å². The van der Waals surface area contributed by atoms with Gasteiger partial charge in [-0.15, -0.1) is 0 Å². The van der Waals surface area contributed by atoms with Gasteiger partial charge in [-0.1, -0.05) is 54.9 Å². The molecule has 16 nitrogen and oxygen atoms in total. The van der Waals surface area contributed by atoms with Gasteiger partial charge in [0.05, 0.1) is 22.7 Å². The third-order valence-corrected chi connectivity index (χ3v) is 15.9. The number of piperidine rings is 1. The Morgan fingerprint density at radius 2 is 1.76 bits per heavy atom. The van der Waals surface area contributed by atoms with E-state index in [4.69, 9.17) is 26.8 Å². The maximum Gasteiger partial charge on any atom is 0.329 e. The molecule has 2 atom stereocenters. The smallest absolute Gasteiger partial charge is 0.329 e. The van der Waals surface area contributed by atoms with Crippen molar-refractivity contribution in [3.8, 4) is 22.8 Å². The number of hydrogen-bond acceptors (Lipinski definition) is 11. The topological polar surface area (TPSA) is 197 Å². The van der Waals surface area contributed by atoms with E-state index in [1.54, 1.807) is 4.68 Å². The number of rotatable bonds is 14. The maximum absolute atomic E-state index is 16.4. The van der Waals surface area contributed by atoms with Gasteiger partial charge in [0, 0.05) is 104 Å². The molecule has 0 spiro atoms. The molecule has 5 N–H and O–H groups in total. The molecular formula is C52H58ClF2N9O7. The van der Waals surface area contributed by atoms with Gasteiger partial charge >= 0.3 is 6.03 Å². The van der Waals surface area contributed by atoms with Crippen LogP contribution in [0.5, 0.6) is 11.6 Å². The third kappa shape index (κ3) is 9.08. The Kier molecular flexibility index (Phi) is 13.5. The first-order chi connectivity index (χ1) is 34.2. The molecule has 0 bridgehead atoms. The highest BCUT2D eigenvalue weighted by atomic mass is 35.5. The van der Waals surface area contributed by atoms with Gasteiger partial charge in [0.1, 0.15) is 18.2 Å². The molecule has 5 aliphatic rings. The van der Waals surface area contributed by atoms with Crippen LogP contribution in [-0.2, 0) is 22.2 Å². The summed E-state index contributed by atoms with van der Waals surface area (Å²) in [5, 5.41) is 20.6. The Bertz CT molecular complexity index is 2880. The molecular weight excluding hydrogens is 936 g/mol. The quantitative estimate of drug-likeness (QED) is 0.0967. The first kappa shape index (κ1) is 48.4. The normalized spacial score (nSPS) is 23.1. The second-order valence-electron chi connectivity index (χ2n) is 19.7. The molecule has 2 aromatic heterocycles. The fourth-order valence-corrected chi connectivity index (χ4v) is 11.9. The van der Waals surface area contributed by atoms with Crippen molar-refractivity contribution in [3.63, 3.8) is 0 Å². The van der Waals surface area contributed by atoms with E-state index in [1.165, 1.54) is 16.5 Å². The first-order valence-corrected chi connectivity index (χ1v) is 24.9. The summed E-state index contributed by atoms with van der Waals surface area (Å²) >= 11 is 6.70. The van der Waals surface area contributed by atoms with Crippen molar-refractivity contribution in [1.29, 1.82) is 0 Å². The molecule has 0 unspecified atom stereocenters. The van der Waals surface area contributed by atoms with E-state index in [0.717, 1.165) is 93.9 Å². The summed E-state index contributed by atoms with van der Waals surface area (Å²) in [4.78, 5) is 60.8. The highest BCUT2D eigenvalue weighted by Crippen LogP contribution is 2.56. The van der Waals surface area contributed by atoms with Gasteiger partial charge in [-0.05, 0) is 80.8 Å². The zero-order chi connectivity index (χ0) is 49.7. The SMILES string of the molecule is C[C@H]1c2c(cc(F)c(Cl)c2-c2c(C(N)=O)cnc(OCCO)c2F)O[C@]1(CNC1CCC(C(=O)N2CC(CN3CCC(c4ccc5c(N6CCC(=O)NC6=O)nn(C)c5c4)CC3)C2)CC1)c1ccccc1. The number of benzene rings is 3. The number of aliphatic hydroxyl groups is 1. The minimum Gasteiger partial charge on any atom is -0.480 e. The number of anilines is 1. The van der Waals surface area contributed by atoms with Crippen LogP contribution in [0, 0.1) is 23.5 Å². The van der Waals surface area contributed by atoms with Gasteiger partial charge < -0.3 is 35.4 Å². The number of amides is 5. The Hall–Kier alpha value is -6.21. The predicted molar refractivity (Wildman–Crippen MR) is 261 cm³/mol. The zero-order valence-corrected chi connectivity index (χ0v) is 40.5. The zero-order valence-electron chi connectivity index (χ0n) is 39.8. The standard InChI is InChI=1S/C52H58ClF2N9O7/c1-29-42-40(23-38(54)45(53)44(42)43-37(47(56)67)24-57-49(46(43)55)70-21-20-65)71-52(29,34-6-4-3-5-7-34)28-58-35-11-8-32(9-12-35)50(68)63-26-30(27-63)25-62-17-14-31(15-18-62)33-10-13-36-39(22-33)61(2)60-48(36)64-19-16-41(66)59-51(64)69/h3-7,10,13,22-24,29-32,35,58,65H,8-9,11-12,14-21,25-28H2,1-2H3,(H2,56,67)(H,59,66,69)/t29-,32?,35?,52-/m0/s1. The number of ether oxygens (including phenoxy) is 2. The van der Waals surface area contributed by atoms with Crippen molar-refractivity contribution < 1.29 is 42.5 Å². The van der Waals surface area contributed by atoms with Crippen LogP contribution in [0.15, 0.2) is 60.8 Å². The summed E-state index contributed by atoms with van der Waals surface area (Å²) in [5.74, 6) is -2.59. The van der Waals surface area contributed by atoms with E-state index in [9.17, 15) is 24.3 Å². The monoisotopic (exact) mass is 993 g/mol. The maximum atomic E-state index is 16.4. The van der Waals surface area contributed by atoms with Gasteiger partial charge in [-0.2, -0.15) is 5.10 Å². The number of primary amides is 1. The molecule has 4 aliphatic heterocycles. The fourth-order valence-electron chi connectivity index (χ4n) is 11.6. The minimum absolute atomic E-state index is 0.0542. The Labute approximate surface area is 414 Å². The van der Waals surface area contributed by atoms with E-state index in [0.29, 0.717) is 29.8 Å². The van der Waals surface area contributed by atoms with Crippen LogP contribution >= 0.6 is 11.6 Å². The summed E-state index contributed by atoms with van der Waals surface area (Å²) in [5.41, 5.74) is 7.21. The van der Waals surface area contributed by atoms with Crippen LogP contribution in [0.2, 0.25) is 5.02 Å². The van der Waals surface area contributed by atoms with E-state index >= 15 is 8.78 Å². The van der Waals surface area contributed by atoms with E-state index in [1.807, 2.05) is 55.3 Å². The summed E-state index contributed by atoms with van der Waals surface area (Å²) in [7, 11) is 1.88. The number of aliphatic hydroxyl groups excluding tert-OH is 1. The second-order valence-corrected chi connectivity index (χ2v) is 20.1. The average molecular weight is 995 g/mol. The van der Waals surface area contributed by atoms with E-state index in [2.05, 4.69) is 37.7 Å². The van der Waals surface area contributed by atoms with Crippen molar-refractivity contribution in [3.05, 3.63) is 99.7 Å². The number of carbonyl (C=O) groups excluding carboxylic acids is 4. The number of hydrogen-bond donors (Lipinski definition) is 4. The third-order valence-electron chi connectivity index (χ3n) is 15.5. The summed E-state index contributed by atoms with van der Waals surface area (Å²) in [6, 6.07) is 16.7. The number of urea groups is 1. The van der Waals surface area contributed by atoms with Crippen LogP contribution in [0.25, 0.3) is 22.0 Å². The number of aryl methyl sites for hydroxylation is 1. The second kappa shape index (κ2) is 19.8. The molecule has 1 saturated carbocycles. The van der Waals surface area contributed by atoms with Crippen molar-refractivity contribution in [2.24, 2.45) is 24.6 Å². The lowest BCUT2D eigenvalue weighted by atomic mass is 9.77. The van der Waals surface area contributed by atoms with Gasteiger partial charge in [-0.25, -0.2) is 18.6 Å². The fraction of sp³-hybridized carbons (Fsp3) is 0.462. The molecule has 1 aliphatic carbocycles. The lowest BCUT2D eigenvalue weighted by molar-refractivity contribution is -0.143. The number of nitrogens with two attached hydrogens (primary N) is 1. The Balaban J connectivity index is 0.738. The van der Waals surface area contributed by atoms with Crippen LogP contribution in [0.3, 0.4) is 0 Å².